The first-order valence-corrected chi connectivity index (χ1v) is 7.37. The summed E-state index contributed by atoms with van der Waals surface area (Å²) >= 11 is 3.38. The van der Waals surface area contributed by atoms with Crippen LogP contribution in [0.3, 0.4) is 0 Å². The maximum Gasteiger partial charge on any atom is 0.208 e. The molecule has 0 radical (unpaired) electrons. The Morgan fingerprint density at radius 1 is 1.35 bits per heavy atom. The zero-order valence-electron chi connectivity index (χ0n) is 10.6. The number of nitrogens with zero attached hydrogens (tertiary/aromatic N) is 3. The van der Waals surface area contributed by atoms with Crippen LogP contribution in [0.1, 0.15) is 6.42 Å². The average Bonchev–Trinajstić information content (AvgIpc) is 2.77. The summed E-state index contributed by atoms with van der Waals surface area (Å²) in [6.07, 6.45) is 1.06. The fourth-order valence-electron chi connectivity index (χ4n) is 1.12. The van der Waals surface area contributed by atoms with Gasteiger partial charge in [0.15, 0.2) is 4.34 Å². The molecule has 5 nitrogen and oxygen atoms in total. The molecule has 0 saturated heterocycles. The number of aromatic nitrogens is 2. The number of thioether (sulfide) groups is 1. The van der Waals surface area contributed by atoms with E-state index in [-0.39, 0.29) is 0 Å². The Labute approximate surface area is 111 Å². The molecule has 0 unspecified atom stereocenters. The molecule has 7 heteroatoms. The summed E-state index contributed by atoms with van der Waals surface area (Å²) in [6, 6.07) is 0. The van der Waals surface area contributed by atoms with Crippen molar-refractivity contribution in [3.05, 3.63) is 0 Å². The Bertz CT molecular complexity index is 306. The summed E-state index contributed by atoms with van der Waals surface area (Å²) in [4.78, 5) is 1.98. The lowest BCUT2D eigenvalue weighted by Gasteiger charge is -2.04. The van der Waals surface area contributed by atoms with Crippen molar-refractivity contribution in [2.45, 2.75) is 10.8 Å². The highest BCUT2D eigenvalue weighted by atomic mass is 32.2. The van der Waals surface area contributed by atoms with E-state index in [1.54, 1.807) is 30.2 Å². The third-order valence-corrected chi connectivity index (χ3v) is 4.21. The second kappa shape index (κ2) is 8.68. The normalized spacial score (nSPS) is 10.8. The van der Waals surface area contributed by atoms with E-state index in [4.69, 9.17) is 4.74 Å². The Morgan fingerprint density at radius 3 is 2.82 bits per heavy atom. The van der Waals surface area contributed by atoms with Crippen molar-refractivity contribution in [3.63, 3.8) is 0 Å². The topological polar surface area (TPSA) is 50.3 Å². The molecule has 1 N–H and O–H groups in total. The molecule has 0 bridgehead atoms. The van der Waals surface area contributed by atoms with Gasteiger partial charge in [0.2, 0.25) is 5.13 Å². The SMILES string of the molecule is COCCCNCCSc1nnc(N(C)C)s1. The highest BCUT2D eigenvalue weighted by Gasteiger charge is 2.05. The molecule has 17 heavy (non-hydrogen) atoms. The van der Waals surface area contributed by atoms with Crippen LogP contribution >= 0.6 is 23.1 Å². The molecule has 0 aliphatic carbocycles. The first-order chi connectivity index (χ1) is 8.24. The smallest absolute Gasteiger partial charge is 0.208 e. The van der Waals surface area contributed by atoms with Crippen LogP contribution in [0.15, 0.2) is 4.34 Å². The van der Waals surface area contributed by atoms with Crippen molar-refractivity contribution in [1.82, 2.24) is 15.5 Å². The van der Waals surface area contributed by atoms with E-state index in [2.05, 4.69) is 15.5 Å². The number of rotatable bonds is 9. The summed E-state index contributed by atoms with van der Waals surface area (Å²) < 4.78 is 6.01. The lowest BCUT2D eigenvalue weighted by Crippen LogP contribution is -2.19. The van der Waals surface area contributed by atoms with Crippen LogP contribution in [-0.2, 0) is 4.74 Å². The Kier molecular flexibility index (Phi) is 7.50. The van der Waals surface area contributed by atoms with Crippen molar-refractivity contribution in [1.29, 1.82) is 0 Å². The molecule has 0 saturated carbocycles. The van der Waals surface area contributed by atoms with Gasteiger partial charge in [-0.1, -0.05) is 23.1 Å². The van der Waals surface area contributed by atoms with Gasteiger partial charge in [0, 0.05) is 40.1 Å². The first kappa shape index (κ1) is 14.7. The van der Waals surface area contributed by atoms with E-state index in [0.29, 0.717) is 0 Å². The standard InChI is InChI=1S/C10H20N4OS2/c1-14(2)9-12-13-10(17-9)16-8-6-11-5-4-7-15-3/h11H,4-8H2,1-3H3. The number of hydrogen-bond acceptors (Lipinski definition) is 7. The zero-order chi connectivity index (χ0) is 12.5. The van der Waals surface area contributed by atoms with E-state index in [1.165, 1.54) is 0 Å². The summed E-state index contributed by atoms with van der Waals surface area (Å²) in [5.74, 6) is 1.02. The van der Waals surface area contributed by atoms with Gasteiger partial charge in [-0.05, 0) is 13.0 Å². The Balaban J connectivity index is 2.05. The number of hydrogen-bond donors (Lipinski definition) is 1. The van der Waals surface area contributed by atoms with Gasteiger partial charge in [0.05, 0.1) is 0 Å². The van der Waals surface area contributed by atoms with Gasteiger partial charge in [0.1, 0.15) is 0 Å². The molecule has 1 aromatic rings. The molecule has 0 aromatic carbocycles. The fraction of sp³-hybridized carbons (Fsp3) is 0.800. The van der Waals surface area contributed by atoms with E-state index in [0.717, 1.165) is 41.3 Å². The van der Waals surface area contributed by atoms with Gasteiger partial charge in [-0.2, -0.15) is 0 Å². The van der Waals surface area contributed by atoms with Crippen LogP contribution in [0, 0.1) is 0 Å². The zero-order valence-corrected chi connectivity index (χ0v) is 12.2. The molecular formula is C10H20N4OS2. The van der Waals surface area contributed by atoms with Crippen molar-refractivity contribution >= 4 is 28.2 Å². The first-order valence-electron chi connectivity index (χ1n) is 5.57. The molecule has 0 aliphatic heterocycles. The predicted molar refractivity (Wildman–Crippen MR) is 74.3 cm³/mol. The minimum Gasteiger partial charge on any atom is -0.385 e. The van der Waals surface area contributed by atoms with Crippen LogP contribution < -0.4 is 10.2 Å². The summed E-state index contributed by atoms with van der Waals surface area (Å²) in [5, 5.41) is 12.5. The van der Waals surface area contributed by atoms with Crippen molar-refractivity contribution < 1.29 is 4.74 Å². The molecule has 1 heterocycles. The lowest BCUT2D eigenvalue weighted by atomic mass is 10.4. The van der Waals surface area contributed by atoms with Crippen molar-refractivity contribution in [2.75, 3.05) is 51.6 Å². The van der Waals surface area contributed by atoms with Crippen LogP contribution in [0.4, 0.5) is 5.13 Å². The molecule has 0 amide bonds. The molecule has 0 atom stereocenters. The van der Waals surface area contributed by atoms with Crippen LogP contribution in [0.2, 0.25) is 0 Å². The van der Waals surface area contributed by atoms with E-state index >= 15 is 0 Å². The van der Waals surface area contributed by atoms with Crippen LogP contribution in [0.25, 0.3) is 0 Å². The van der Waals surface area contributed by atoms with Crippen LogP contribution in [-0.4, -0.2) is 56.9 Å². The molecule has 1 rings (SSSR count). The van der Waals surface area contributed by atoms with Gasteiger partial charge >= 0.3 is 0 Å². The third kappa shape index (κ3) is 6.21. The number of anilines is 1. The molecule has 1 aromatic heterocycles. The number of nitrogens with one attached hydrogen (secondary N) is 1. The third-order valence-electron chi connectivity index (χ3n) is 1.98. The highest BCUT2D eigenvalue weighted by molar-refractivity contribution is 8.01. The number of methoxy groups -OCH3 is 1. The quantitative estimate of drug-likeness (QED) is 0.542. The second-order valence-electron chi connectivity index (χ2n) is 3.69. The van der Waals surface area contributed by atoms with Gasteiger partial charge in [0.25, 0.3) is 0 Å². The van der Waals surface area contributed by atoms with Gasteiger partial charge < -0.3 is 15.0 Å². The minimum absolute atomic E-state index is 0.822. The van der Waals surface area contributed by atoms with Crippen LogP contribution in [0.5, 0.6) is 0 Å². The second-order valence-corrected chi connectivity index (χ2v) is 5.99. The fourth-order valence-corrected chi connectivity index (χ4v) is 2.85. The lowest BCUT2D eigenvalue weighted by molar-refractivity contribution is 0.194. The average molecular weight is 276 g/mol. The Morgan fingerprint density at radius 2 is 2.18 bits per heavy atom. The summed E-state index contributed by atoms with van der Waals surface area (Å²) in [6.45, 7) is 2.82. The van der Waals surface area contributed by atoms with Crippen molar-refractivity contribution in [2.24, 2.45) is 0 Å². The largest absolute Gasteiger partial charge is 0.385 e. The highest BCUT2D eigenvalue weighted by Crippen LogP contribution is 2.26. The molecule has 0 aliphatic rings. The summed E-state index contributed by atoms with van der Waals surface area (Å²) in [5.41, 5.74) is 0. The monoisotopic (exact) mass is 276 g/mol. The van der Waals surface area contributed by atoms with E-state index in [1.807, 2.05) is 19.0 Å². The van der Waals surface area contributed by atoms with Crippen molar-refractivity contribution in [3.8, 4) is 0 Å². The molecular weight excluding hydrogens is 256 g/mol. The molecule has 98 valence electrons. The number of ether oxygens (including phenoxy) is 1. The predicted octanol–water partition coefficient (Wildman–Crippen LogP) is 1.32. The summed E-state index contributed by atoms with van der Waals surface area (Å²) in [7, 11) is 5.69. The van der Waals surface area contributed by atoms with Gasteiger partial charge in [-0.25, -0.2) is 0 Å². The maximum atomic E-state index is 4.98. The van der Waals surface area contributed by atoms with E-state index in [9.17, 15) is 0 Å². The van der Waals surface area contributed by atoms with Gasteiger partial charge in [-0.15, -0.1) is 10.2 Å². The molecule has 0 spiro atoms. The Hall–Kier alpha value is -0.370. The maximum absolute atomic E-state index is 4.98. The van der Waals surface area contributed by atoms with E-state index < -0.39 is 0 Å². The molecule has 0 fully saturated rings. The van der Waals surface area contributed by atoms with Gasteiger partial charge in [-0.3, -0.25) is 0 Å². The minimum atomic E-state index is 0.822.